The number of nitrogens with zero attached hydrogens (tertiary/aromatic N) is 4. The van der Waals surface area contributed by atoms with Crippen LogP contribution in [0.15, 0.2) is 175 Å². The van der Waals surface area contributed by atoms with Gasteiger partial charge in [0.05, 0.1) is 34.0 Å². The molecule has 0 unspecified atom stereocenters. The van der Waals surface area contributed by atoms with Gasteiger partial charge in [0, 0.05) is 44.6 Å². The number of para-hydroxylation sites is 2. The zero-order valence-electron chi connectivity index (χ0n) is 33.2. The summed E-state index contributed by atoms with van der Waals surface area (Å²) in [7, 11) is 0. The summed E-state index contributed by atoms with van der Waals surface area (Å²) in [5, 5.41) is 18.9. The third-order valence-corrected chi connectivity index (χ3v) is 11.0. The fourth-order valence-corrected chi connectivity index (χ4v) is 8.16. The lowest BCUT2D eigenvalue weighted by molar-refractivity contribution is -0.132. The van der Waals surface area contributed by atoms with Crippen LogP contribution in [0.5, 0.6) is 0 Å². The second kappa shape index (κ2) is 16.1. The molecule has 5 heterocycles. The average Bonchev–Trinajstić information content (AvgIpc) is 4.17. The Morgan fingerprint density at radius 2 is 0.887 bits per heavy atom. The molecular formula is C54H36N6O2. The first-order valence-corrected chi connectivity index (χ1v) is 20.2. The largest absolute Gasteiger partial charge is 0.477 e. The molecule has 0 atom stereocenters. The molecule has 5 aromatic carbocycles. The summed E-state index contributed by atoms with van der Waals surface area (Å²) in [6, 6.07) is 58.9. The maximum atomic E-state index is 11.6. The van der Waals surface area contributed by atoms with Crippen molar-refractivity contribution in [1.82, 2.24) is 19.9 Å². The Morgan fingerprint density at radius 3 is 1.34 bits per heavy atom. The van der Waals surface area contributed by atoms with Gasteiger partial charge in [-0.25, -0.2) is 14.8 Å². The van der Waals surface area contributed by atoms with Crippen LogP contribution in [0.2, 0.25) is 0 Å². The number of aromatic nitrogens is 4. The van der Waals surface area contributed by atoms with E-state index in [0.29, 0.717) is 5.56 Å². The van der Waals surface area contributed by atoms with Crippen LogP contribution in [0, 0.1) is 11.3 Å². The summed E-state index contributed by atoms with van der Waals surface area (Å²) in [4.78, 5) is 32.4. The molecule has 294 valence electrons. The predicted molar refractivity (Wildman–Crippen MR) is 251 cm³/mol. The molecule has 8 bridgehead atoms. The number of benzene rings is 5. The number of anilines is 3. The Labute approximate surface area is 357 Å². The van der Waals surface area contributed by atoms with E-state index in [0.717, 1.165) is 95.3 Å². The van der Waals surface area contributed by atoms with Gasteiger partial charge in [-0.2, -0.15) is 5.26 Å². The topological polar surface area (TPSA) is 122 Å². The molecule has 3 aromatic heterocycles. The number of nitriles is 1. The van der Waals surface area contributed by atoms with Crippen molar-refractivity contribution in [1.29, 1.82) is 5.26 Å². The smallest absolute Gasteiger partial charge is 0.346 e. The second-order valence-electron chi connectivity index (χ2n) is 14.8. The Kier molecular flexibility index (Phi) is 9.73. The fraction of sp³-hybridized carbons (Fsp3) is 0. The second-order valence-corrected chi connectivity index (χ2v) is 14.8. The summed E-state index contributed by atoms with van der Waals surface area (Å²) < 4.78 is 0. The van der Waals surface area contributed by atoms with Gasteiger partial charge in [-0.1, -0.05) is 121 Å². The monoisotopic (exact) mass is 800 g/mol. The van der Waals surface area contributed by atoms with Crippen molar-refractivity contribution in [2.75, 3.05) is 4.90 Å². The van der Waals surface area contributed by atoms with Crippen molar-refractivity contribution in [3.63, 3.8) is 0 Å². The van der Waals surface area contributed by atoms with Gasteiger partial charge >= 0.3 is 5.97 Å². The van der Waals surface area contributed by atoms with Crippen LogP contribution in [0.3, 0.4) is 0 Å². The van der Waals surface area contributed by atoms with E-state index in [9.17, 15) is 15.2 Å². The molecule has 62 heavy (non-hydrogen) atoms. The average molecular weight is 801 g/mol. The molecule has 0 saturated carbocycles. The minimum absolute atomic E-state index is 0.339. The fourth-order valence-electron chi connectivity index (χ4n) is 8.16. The molecule has 8 heteroatoms. The minimum atomic E-state index is -1.27. The number of hydrogen-bond donors (Lipinski definition) is 3. The third-order valence-electron chi connectivity index (χ3n) is 11.0. The van der Waals surface area contributed by atoms with E-state index in [4.69, 9.17) is 9.97 Å². The van der Waals surface area contributed by atoms with Crippen LogP contribution in [0.1, 0.15) is 28.3 Å². The Balaban J connectivity index is 1.34. The van der Waals surface area contributed by atoms with Gasteiger partial charge < -0.3 is 20.0 Å². The summed E-state index contributed by atoms with van der Waals surface area (Å²) in [6.45, 7) is 0. The minimum Gasteiger partial charge on any atom is -0.477 e. The molecular weight excluding hydrogens is 765 g/mol. The van der Waals surface area contributed by atoms with Gasteiger partial charge in [-0.15, -0.1) is 0 Å². The lowest BCUT2D eigenvalue weighted by atomic mass is 10.0. The summed E-state index contributed by atoms with van der Waals surface area (Å²) in [6.07, 6.45) is 9.65. The number of nitrogens with one attached hydrogen (secondary N) is 2. The molecule has 2 aliphatic rings. The lowest BCUT2D eigenvalue weighted by Crippen LogP contribution is -2.11. The molecule has 0 aliphatic carbocycles. The van der Waals surface area contributed by atoms with Gasteiger partial charge in [-0.3, -0.25) is 0 Å². The quantitative estimate of drug-likeness (QED) is 0.104. The van der Waals surface area contributed by atoms with Crippen molar-refractivity contribution in [3.05, 3.63) is 204 Å². The van der Waals surface area contributed by atoms with Crippen LogP contribution >= 0.6 is 0 Å². The summed E-state index contributed by atoms with van der Waals surface area (Å²) in [5.74, 6) is -1.27. The first kappa shape index (κ1) is 37.5. The van der Waals surface area contributed by atoms with Crippen molar-refractivity contribution >= 4 is 75.5 Å². The maximum Gasteiger partial charge on any atom is 0.346 e. The number of carboxylic acids is 1. The molecule has 10 rings (SSSR count). The maximum absolute atomic E-state index is 11.6. The van der Waals surface area contributed by atoms with Gasteiger partial charge in [0.2, 0.25) is 0 Å². The van der Waals surface area contributed by atoms with E-state index in [2.05, 4.69) is 130 Å². The van der Waals surface area contributed by atoms with Gasteiger partial charge in [0.25, 0.3) is 0 Å². The molecule has 0 amide bonds. The van der Waals surface area contributed by atoms with E-state index >= 15 is 0 Å². The van der Waals surface area contributed by atoms with E-state index in [1.807, 2.05) is 78.9 Å². The molecule has 3 N–H and O–H groups in total. The normalized spacial score (nSPS) is 12.0. The summed E-state index contributed by atoms with van der Waals surface area (Å²) >= 11 is 0. The van der Waals surface area contributed by atoms with Crippen LogP contribution in [-0.2, 0) is 4.79 Å². The van der Waals surface area contributed by atoms with Crippen molar-refractivity contribution in [2.45, 2.75) is 0 Å². The highest BCUT2D eigenvalue weighted by Crippen LogP contribution is 2.42. The molecule has 8 aromatic rings. The summed E-state index contributed by atoms with van der Waals surface area (Å²) in [5.41, 5.74) is 15.2. The zero-order chi connectivity index (χ0) is 42.0. The number of fused-ring (bicyclic) bond motifs is 8. The molecule has 0 radical (unpaired) electrons. The molecule has 2 aliphatic heterocycles. The van der Waals surface area contributed by atoms with E-state index in [1.165, 1.54) is 6.08 Å². The van der Waals surface area contributed by atoms with E-state index in [1.54, 1.807) is 6.07 Å². The van der Waals surface area contributed by atoms with Crippen LogP contribution < -0.4 is 4.90 Å². The zero-order valence-corrected chi connectivity index (χ0v) is 33.2. The van der Waals surface area contributed by atoms with Gasteiger partial charge in [-0.05, 0) is 101 Å². The van der Waals surface area contributed by atoms with Crippen molar-refractivity contribution in [2.24, 2.45) is 0 Å². The van der Waals surface area contributed by atoms with Gasteiger partial charge in [0.1, 0.15) is 11.6 Å². The highest BCUT2D eigenvalue weighted by molar-refractivity contribution is 6.01. The molecule has 0 saturated heterocycles. The number of hydrogen-bond acceptors (Lipinski definition) is 5. The van der Waals surface area contributed by atoms with Crippen LogP contribution in [0.4, 0.5) is 17.1 Å². The number of carbonyl (C=O) groups is 1. The SMILES string of the molecule is N#C/C(=C/c1ccc(-c2c3nc(c(-c4ccccc4)c4ccc([nH]4)c(N(c4ccccc4)c4ccccc4)c4nc(c(-c5ccccc5)c5ccc2[nH]5)C=C4)C=C3)cc1)C(=O)O. The first-order chi connectivity index (χ1) is 30.5. The van der Waals surface area contributed by atoms with Crippen molar-refractivity contribution in [3.8, 4) is 39.4 Å². The number of H-pyrrole nitrogens is 2. The Bertz CT molecular complexity index is 3230. The Hall–Kier alpha value is -8.80. The highest BCUT2D eigenvalue weighted by atomic mass is 16.4. The number of rotatable bonds is 8. The van der Waals surface area contributed by atoms with Crippen molar-refractivity contribution < 1.29 is 9.90 Å². The number of aromatic amines is 2. The highest BCUT2D eigenvalue weighted by Gasteiger charge is 2.22. The number of aliphatic carboxylic acids is 1. The number of carboxylic acid groups (broad SMARTS) is 1. The standard InChI is InChI=1S/C54H36N6O2/c55-34-39(54(61)62)33-35-21-23-38(24-22-35)52-44-27-25-42(56-44)50(36-13-5-1-6-14-36)46-29-31-48(58-46)53(60(40-17-9-3-10-18-40)41-19-11-4-12-20-41)49-32-30-47(59-49)51(37-15-7-2-8-16-37)43-26-28-45(52)57-43/h1-33,56,59H,(H,61,62)/b39-33-,50-42?,50-46?,51-43?,51-47?,52-44?,52-45?,53-48?,53-49?. The first-order valence-electron chi connectivity index (χ1n) is 20.2. The van der Waals surface area contributed by atoms with Gasteiger partial charge in [0.15, 0.2) is 0 Å². The molecule has 0 fully saturated rings. The van der Waals surface area contributed by atoms with Crippen LogP contribution in [-0.4, -0.2) is 31.0 Å². The Morgan fingerprint density at radius 1 is 0.500 bits per heavy atom. The lowest BCUT2D eigenvalue weighted by Gasteiger charge is -2.26. The van der Waals surface area contributed by atoms with E-state index in [-0.39, 0.29) is 5.57 Å². The van der Waals surface area contributed by atoms with E-state index < -0.39 is 5.97 Å². The third kappa shape index (κ3) is 7.06. The predicted octanol–water partition coefficient (Wildman–Crippen LogP) is 13.1. The van der Waals surface area contributed by atoms with Crippen LogP contribution in [0.25, 0.3) is 85.8 Å². The molecule has 8 nitrogen and oxygen atoms in total. The molecule has 0 spiro atoms.